The fraction of sp³-hybridized carbons (Fsp3) is 0.320. The van der Waals surface area contributed by atoms with Crippen LogP contribution >= 0.6 is 11.6 Å². The zero-order valence-electron chi connectivity index (χ0n) is 17.5. The summed E-state index contributed by atoms with van der Waals surface area (Å²) in [5.41, 5.74) is 2.47. The largest absolute Gasteiger partial charge is 0.489 e. The van der Waals surface area contributed by atoms with Crippen molar-refractivity contribution in [1.29, 1.82) is 0 Å². The Bertz CT molecular complexity index is 1040. The van der Waals surface area contributed by atoms with E-state index >= 15 is 0 Å². The van der Waals surface area contributed by atoms with Crippen molar-refractivity contribution in [2.45, 2.75) is 44.6 Å². The van der Waals surface area contributed by atoms with Crippen molar-refractivity contribution < 1.29 is 14.3 Å². The fourth-order valence-electron chi connectivity index (χ4n) is 4.19. The first-order valence-corrected chi connectivity index (χ1v) is 11.0. The molecule has 160 valence electrons. The van der Waals surface area contributed by atoms with Gasteiger partial charge >= 0.3 is 5.97 Å². The number of nitrogens with zero attached hydrogens (tertiary/aromatic N) is 2. The average Bonchev–Trinajstić information content (AvgIpc) is 3.29. The summed E-state index contributed by atoms with van der Waals surface area (Å²) >= 11 is 6.36. The van der Waals surface area contributed by atoms with E-state index in [1.54, 1.807) is 19.2 Å². The number of carbonyl (C=O) groups excluding carboxylic acids is 1. The van der Waals surface area contributed by atoms with E-state index in [-0.39, 0.29) is 11.8 Å². The standard InChI is InChI=1S/C25H25ClN2O3/c1-2-30-25(29)22-13-14-27-24(28-22)20-10-6-9-19(20)21-15-18(26)11-12-23(21)31-16-17-7-4-3-5-8-17/h3-5,7-8,11-15,19-20H,2,6,9-10,16H2,1H3. The minimum Gasteiger partial charge on any atom is -0.489 e. The molecule has 1 fully saturated rings. The van der Waals surface area contributed by atoms with Gasteiger partial charge in [0, 0.05) is 17.1 Å². The van der Waals surface area contributed by atoms with Crippen molar-refractivity contribution in [2.75, 3.05) is 6.61 Å². The highest BCUT2D eigenvalue weighted by molar-refractivity contribution is 6.30. The summed E-state index contributed by atoms with van der Waals surface area (Å²) in [6.45, 7) is 2.58. The zero-order valence-corrected chi connectivity index (χ0v) is 18.2. The summed E-state index contributed by atoms with van der Waals surface area (Å²) in [5.74, 6) is 1.33. The van der Waals surface area contributed by atoms with Gasteiger partial charge in [0.15, 0.2) is 5.69 Å². The van der Waals surface area contributed by atoms with Crippen LogP contribution < -0.4 is 4.74 Å². The van der Waals surface area contributed by atoms with Gasteiger partial charge < -0.3 is 9.47 Å². The number of halogens is 1. The van der Waals surface area contributed by atoms with Gasteiger partial charge in [0.05, 0.1) is 6.61 Å². The molecule has 2 unspecified atom stereocenters. The molecular formula is C25H25ClN2O3. The number of hydrogen-bond donors (Lipinski definition) is 0. The lowest BCUT2D eigenvalue weighted by molar-refractivity contribution is 0.0518. The lowest BCUT2D eigenvalue weighted by Gasteiger charge is -2.22. The van der Waals surface area contributed by atoms with Gasteiger partial charge in [-0.2, -0.15) is 0 Å². The van der Waals surface area contributed by atoms with Crippen LogP contribution in [0.25, 0.3) is 0 Å². The molecule has 2 atom stereocenters. The monoisotopic (exact) mass is 436 g/mol. The van der Waals surface area contributed by atoms with Gasteiger partial charge in [0.25, 0.3) is 0 Å². The molecule has 3 aromatic rings. The molecule has 0 spiro atoms. The predicted octanol–water partition coefficient (Wildman–Crippen LogP) is 5.94. The number of carbonyl (C=O) groups is 1. The molecule has 5 nitrogen and oxygen atoms in total. The van der Waals surface area contributed by atoms with E-state index in [0.29, 0.717) is 29.8 Å². The molecule has 0 aliphatic heterocycles. The van der Waals surface area contributed by atoms with E-state index in [4.69, 9.17) is 21.1 Å². The molecule has 2 aromatic carbocycles. The Kier molecular flexibility index (Phi) is 6.82. The molecule has 1 saturated carbocycles. The second-order valence-corrected chi connectivity index (χ2v) is 8.06. The van der Waals surface area contributed by atoms with Gasteiger partial charge in [-0.15, -0.1) is 0 Å². The molecule has 1 aliphatic carbocycles. The van der Waals surface area contributed by atoms with Crippen LogP contribution in [-0.4, -0.2) is 22.5 Å². The first-order valence-electron chi connectivity index (χ1n) is 10.6. The lowest BCUT2D eigenvalue weighted by Crippen LogP contribution is -2.14. The van der Waals surface area contributed by atoms with Crippen molar-refractivity contribution in [2.24, 2.45) is 0 Å². The summed E-state index contributed by atoms with van der Waals surface area (Å²) in [5, 5.41) is 0.675. The van der Waals surface area contributed by atoms with Crippen LogP contribution in [0, 0.1) is 0 Å². The highest BCUT2D eigenvalue weighted by atomic mass is 35.5. The van der Waals surface area contributed by atoms with Gasteiger partial charge in [-0.25, -0.2) is 14.8 Å². The summed E-state index contributed by atoms with van der Waals surface area (Å²) < 4.78 is 11.3. The molecular weight excluding hydrogens is 412 g/mol. The number of hydrogen-bond acceptors (Lipinski definition) is 5. The number of aromatic nitrogens is 2. The van der Waals surface area contributed by atoms with Crippen LogP contribution in [0.15, 0.2) is 60.8 Å². The van der Waals surface area contributed by atoms with Crippen LogP contribution in [0.3, 0.4) is 0 Å². The highest BCUT2D eigenvalue weighted by Crippen LogP contribution is 2.48. The van der Waals surface area contributed by atoms with Gasteiger partial charge in [0.2, 0.25) is 0 Å². The number of ether oxygens (including phenoxy) is 2. The Morgan fingerprint density at radius 2 is 1.90 bits per heavy atom. The molecule has 1 heterocycles. The molecule has 0 amide bonds. The Labute approximate surface area is 187 Å². The SMILES string of the molecule is CCOC(=O)c1ccnc(C2CCCC2c2cc(Cl)ccc2OCc2ccccc2)n1. The number of esters is 1. The van der Waals surface area contributed by atoms with Crippen LogP contribution in [0.1, 0.15) is 65.5 Å². The van der Waals surface area contributed by atoms with Crippen LogP contribution in [0.2, 0.25) is 5.02 Å². The summed E-state index contributed by atoms with van der Waals surface area (Å²) in [6, 6.07) is 17.5. The third-order valence-electron chi connectivity index (χ3n) is 5.61. The normalized spacial score (nSPS) is 18.0. The first-order chi connectivity index (χ1) is 15.2. The molecule has 0 radical (unpaired) electrons. The number of benzene rings is 2. The third-order valence-corrected chi connectivity index (χ3v) is 5.85. The van der Waals surface area contributed by atoms with E-state index in [9.17, 15) is 4.79 Å². The molecule has 1 aliphatic rings. The van der Waals surface area contributed by atoms with E-state index < -0.39 is 5.97 Å². The molecule has 0 bridgehead atoms. The van der Waals surface area contributed by atoms with Gasteiger partial charge in [0.1, 0.15) is 18.2 Å². The topological polar surface area (TPSA) is 61.3 Å². The van der Waals surface area contributed by atoms with Gasteiger partial charge in [-0.3, -0.25) is 0 Å². The Morgan fingerprint density at radius 1 is 1.10 bits per heavy atom. The number of rotatable bonds is 7. The first kappa shape index (κ1) is 21.3. The fourth-order valence-corrected chi connectivity index (χ4v) is 4.37. The zero-order chi connectivity index (χ0) is 21.6. The van der Waals surface area contributed by atoms with Crippen molar-refractivity contribution in [3.05, 3.63) is 88.5 Å². The molecule has 0 saturated heterocycles. The second kappa shape index (κ2) is 9.92. The van der Waals surface area contributed by atoms with Gasteiger partial charge in [-0.1, -0.05) is 48.4 Å². The Morgan fingerprint density at radius 3 is 2.71 bits per heavy atom. The van der Waals surface area contributed by atoms with Crippen molar-refractivity contribution >= 4 is 17.6 Å². The van der Waals surface area contributed by atoms with Crippen molar-refractivity contribution in [3.63, 3.8) is 0 Å². The smallest absolute Gasteiger partial charge is 0.357 e. The molecule has 4 rings (SSSR count). The Balaban J connectivity index is 1.61. The average molecular weight is 437 g/mol. The molecule has 0 N–H and O–H groups in total. The third kappa shape index (κ3) is 5.05. The second-order valence-electron chi connectivity index (χ2n) is 7.62. The van der Waals surface area contributed by atoms with Crippen LogP contribution in [0.5, 0.6) is 5.75 Å². The predicted molar refractivity (Wildman–Crippen MR) is 120 cm³/mol. The minimum absolute atomic E-state index is 0.0897. The van der Waals surface area contributed by atoms with Crippen molar-refractivity contribution in [1.82, 2.24) is 9.97 Å². The maximum Gasteiger partial charge on any atom is 0.357 e. The summed E-state index contributed by atoms with van der Waals surface area (Å²) in [4.78, 5) is 21.2. The summed E-state index contributed by atoms with van der Waals surface area (Å²) in [6.07, 6.45) is 4.61. The molecule has 31 heavy (non-hydrogen) atoms. The molecule has 6 heteroatoms. The maximum absolute atomic E-state index is 12.1. The van der Waals surface area contributed by atoms with Gasteiger partial charge in [-0.05, 0) is 61.1 Å². The van der Waals surface area contributed by atoms with Crippen LogP contribution in [-0.2, 0) is 11.3 Å². The minimum atomic E-state index is -0.421. The Hall–Kier alpha value is -2.92. The van der Waals surface area contributed by atoms with E-state index in [2.05, 4.69) is 9.97 Å². The van der Waals surface area contributed by atoms with E-state index in [1.807, 2.05) is 48.5 Å². The lowest BCUT2D eigenvalue weighted by atomic mass is 9.87. The maximum atomic E-state index is 12.1. The molecule has 1 aromatic heterocycles. The van der Waals surface area contributed by atoms with E-state index in [1.165, 1.54) is 0 Å². The van der Waals surface area contributed by atoms with Crippen LogP contribution in [0.4, 0.5) is 0 Å². The summed E-state index contributed by atoms with van der Waals surface area (Å²) in [7, 11) is 0. The quantitative estimate of drug-likeness (QED) is 0.429. The van der Waals surface area contributed by atoms with E-state index in [0.717, 1.165) is 36.1 Å². The van der Waals surface area contributed by atoms with Crippen molar-refractivity contribution in [3.8, 4) is 5.75 Å². The highest BCUT2D eigenvalue weighted by Gasteiger charge is 2.34.